The smallest absolute Gasteiger partial charge is 0.227 e. The number of nitrogens with two attached hydrogens (primary N) is 1. The molecule has 0 atom stereocenters. The normalized spacial score (nSPS) is 15.3. The Balaban J connectivity index is 0.00000208. The van der Waals surface area contributed by atoms with Gasteiger partial charge in [-0.3, -0.25) is 4.79 Å². The second-order valence-electron chi connectivity index (χ2n) is 5.79. The highest BCUT2D eigenvalue weighted by Crippen LogP contribution is 2.36. The number of methoxy groups -OCH3 is 1. The summed E-state index contributed by atoms with van der Waals surface area (Å²) < 4.78 is 23.6. The van der Waals surface area contributed by atoms with E-state index in [0.29, 0.717) is 18.1 Å². The maximum atomic E-state index is 13.6. The van der Waals surface area contributed by atoms with E-state index >= 15 is 0 Å². The van der Waals surface area contributed by atoms with Gasteiger partial charge in [-0.05, 0) is 37.5 Å². The van der Waals surface area contributed by atoms with Crippen molar-refractivity contribution in [2.75, 3.05) is 7.11 Å². The molecule has 0 unspecified atom stereocenters. The van der Waals surface area contributed by atoms with Gasteiger partial charge in [0, 0.05) is 18.4 Å². The van der Waals surface area contributed by atoms with Crippen LogP contribution in [0.2, 0.25) is 0 Å². The van der Waals surface area contributed by atoms with E-state index in [1.165, 1.54) is 25.3 Å². The van der Waals surface area contributed by atoms with E-state index in [4.69, 9.17) is 15.0 Å². The summed E-state index contributed by atoms with van der Waals surface area (Å²) in [6.45, 7) is 0. The number of hydrogen-bond acceptors (Lipinski definition) is 6. The van der Waals surface area contributed by atoms with Crippen LogP contribution in [0, 0.1) is 5.82 Å². The Morgan fingerprint density at radius 2 is 2.21 bits per heavy atom. The lowest BCUT2D eigenvalue weighted by molar-refractivity contribution is 0.0979. The van der Waals surface area contributed by atoms with Crippen molar-refractivity contribution < 1.29 is 18.4 Å². The zero-order chi connectivity index (χ0) is 16.4. The van der Waals surface area contributed by atoms with E-state index in [-0.39, 0.29) is 35.9 Å². The predicted octanol–water partition coefficient (Wildman–Crippen LogP) is 2.79. The average molecular weight is 356 g/mol. The van der Waals surface area contributed by atoms with Gasteiger partial charge in [-0.25, -0.2) is 4.39 Å². The van der Waals surface area contributed by atoms with Crippen LogP contribution in [-0.4, -0.2) is 23.0 Å². The monoisotopic (exact) mass is 355 g/mol. The van der Waals surface area contributed by atoms with Gasteiger partial charge in [0.25, 0.3) is 0 Å². The van der Waals surface area contributed by atoms with Gasteiger partial charge in [0.15, 0.2) is 23.2 Å². The first-order valence-corrected chi connectivity index (χ1v) is 7.50. The van der Waals surface area contributed by atoms with Crippen LogP contribution in [0.4, 0.5) is 4.39 Å². The second kappa shape index (κ2) is 7.27. The summed E-state index contributed by atoms with van der Waals surface area (Å²) in [4.78, 5) is 16.4. The number of aromatic nitrogens is 2. The van der Waals surface area contributed by atoms with Crippen molar-refractivity contribution in [1.29, 1.82) is 0 Å². The van der Waals surface area contributed by atoms with Crippen molar-refractivity contribution >= 4 is 18.2 Å². The van der Waals surface area contributed by atoms with Gasteiger partial charge in [-0.2, -0.15) is 4.98 Å². The van der Waals surface area contributed by atoms with Crippen LogP contribution >= 0.6 is 12.4 Å². The molecule has 6 nitrogen and oxygen atoms in total. The van der Waals surface area contributed by atoms with E-state index in [1.807, 2.05) is 0 Å². The summed E-state index contributed by atoms with van der Waals surface area (Å²) in [5.74, 6) is 0.225. The minimum Gasteiger partial charge on any atom is -0.494 e. The van der Waals surface area contributed by atoms with Crippen molar-refractivity contribution in [3.8, 4) is 5.75 Å². The second-order valence-corrected chi connectivity index (χ2v) is 5.79. The third kappa shape index (κ3) is 3.57. The van der Waals surface area contributed by atoms with E-state index in [2.05, 4.69) is 10.1 Å². The molecule has 1 aliphatic carbocycles. The third-order valence-corrected chi connectivity index (χ3v) is 4.20. The van der Waals surface area contributed by atoms with Crippen molar-refractivity contribution in [1.82, 2.24) is 10.1 Å². The first kappa shape index (κ1) is 18.4. The molecular weight excluding hydrogens is 337 g/mol. The maximum absolute atomic E-state index is 13.6. The fourth-order valence-electron chi connectivity index (χ4n) is 2.54. The van der Waals surface area contributed by atoms with E-state index in [0.717, 1.165) is 19.3 Å². The van der Waals surface area contributed by atoms with Crippen LogP contribution < -0.4 is 10.5 Å². The fraction of sp³-hybridized carbons (Fsp3) is 0.438. The molecule has 8 heteroatoms. The molecule has 1 fully saturated rings. The number of rotatable bonds is 6. The van der Waals surface area contributed by atoms with Crippen molar-refractivity contribution in [3.05, 3.63) is 41.3 Å². The summed E-state index contributed by atoms with van der Waals surface area (Å²) in [7, 11) is 1.37. The van der Waals surface area contributed by atoms with Gasteiger partial charge < -0.3 is 15.0 Å². The summed E-state index contributed by atoms with van der Waals surface area (Å²) in [6, 6.07) is 4.14. The van der Waals surface area contributed by atoms with Gasteiger partial charge >= 0.3 is 0 Å². The molecule has 130 valence electrons. The number of Topliss-reactive ketones (excluding diaryl/α,β-unsaturated/α-hetero) is 1. The van der Waals surface area contributed by atoms with Gasteiger partial charge in [-0.15, -0.1) is 12.4 Å². The first-order chi connectivity index (χ1) is 11.0. The molecule has 3 rings (SSSR count). The standard InChI is InChI=1S/C16H18FN3O3.ClH/c1-22-13-5-3-10(9-11(13)17)12(21)4-6-14-19-15(20-23-14)16(18)7-2-8-16;/h3,5,9H,2,4,6-8,18H2,1H3;1H. The van der Waals surface area contributed by atoms with Crippen molar-refractivity contribution in [2.24, 2.45) is 5.73 Å². The lowest BCUT2D eigenvalue weighted by atomic mass is 9.77. The minimum absolute atomic E-state index is 0. The summed E-state index contributed by atoms with van der Waals surface area (Å²) in [5, 5.41) is 3.90. The van der Waals surface area contributed by atoms with Gasteiger partial charge in [0.05, 0.1) is 12.6 Å². The minimum atomic E-state index is -0.562. The lowest BCUT2D eigenvalue weighted by Crippen LogP contribution is -2.44. The SMILES string of the molecule is COc1ccc(C(=O)CCc2nc(C3(N)CCC3)no2)cc1F.Cl. The van der Waals surface area contributed by atoms with Gasteiger partial charge in [0.1, 0.15) is 0 Å². The third-order valence-electron chi connectivity index (χ3n) is 4.20. The number of aryl methyl sites for hydroxylation is 1. The number of carbonyl (C=O) groups excluding carboxylic acids is 1. The molecule has 24 heavy (non-hydrogen) atoms. The molecule has 0 saturated heterocycles. The molecule has 1 saturated carbocycles. The van der Waals surface area contributed by atoms with Crippen LogP contribution in [-0.2, 0) is 12.0 Å². The molecule has 2 aromatic rings. The topological polar surface area (TPSA) is 91.2 Å². The molecule has 1 aromatic heterocycles. The number of nitrogens with zero attached hydrogens (tertiary/aromatic N) is 2. The lowest BCUT2D eigenvalue weighted by Gasteiger charge is -2.34. The highest BCUT2D eigenvalue weighted by molar-refractivity contribution is 5.96. The predicted molar refractivity (Wildman–Crippen MR) is 86.9 cm³/mol. The van der Waals surface area contributed by atoms with Crippen molar-refractivity contribution in [3.63, 3.8) is 0 Å². The molecule has 1 aliphatic rings. The Bertz CT molecular complexity index is 731. The van der Waals surface area contributed by atoms with Crippen LogP contribution in [0.25, 0.3) is 0 Å². The fourth-order valence-corrected chi connectivity index (χ4v) is 2.54. The molecule has 2 N–H and O–H groups in total. The average Bonchev–Trinajstić information content (AvgIpc) is 2.99. The first-order valence-electron chi connectivity index (χ1n) is 7.50. The number of hydrogen-bond donors (Lipinski definition) is 1. The Morgan fingerprint density at radius 1 is 1.46 bits per heavy atom. The highest BCUT2D eigenvalue weighted by Gasteiger charge is 2.38. The van der Waals surface area contributed by atoms with E-state index < -0.39 is 11.4 Å². The summed E-state index contributed by atoms with van der Waals surface area (Å²) >= 11 is 0. The molecule has 0 radical (unpaired) electrons. The quantitative estimate of drug-likeness (QED) is 0.801. The molecule has 0 amide bonds. The van der Waals surface area contributed by atoms with E-state index in [1.54, 1.807) is 0 Å². The zero-order valence-electron chi connectivity index (χ0n) is 13.3. The number of halogens is 2. The molecule has 0 spiro atoms. The number of benzene rings is 1. The van der Waals surface area contributed by atoms with Crippen molar-refractivity contribution in [2.45, 2.75) is 37.6 Å². The summed E-state index contributed by atoms with van der Waals surface area (Å²) in [5.41, 5.74) is 5.93. The van der Waals surface area contributed by atoms with Crippen LogP contribution in [0.3, 0.4) is 0 Å². The number of carbonyl (C=O) groups is 1. The van der Waals surface area contributed by atoms with Crippen LogP contribution in [0.15, 0.2) is 22.7 Å². The largest absolute Gasteiger partial charge is 0.494 e. The number of ether oxygens (including phenoxy) is 1. The molecule has 0 aliphatic heterocycles. The van der Waals surface area contributed by atoms with Gasteiger partial charge in [-0.1, -0.05) is 5.16 Å². The Kier molecular flexibility index (Phi) is 5.56. The van der Waals surface area contributed by atoms with Gasteiger partial charge in [0.2, 0.25) is 5.89 Å². The Hall–Kier alpha value is -1.99. The number of ketones is 1. The zero-order valence-corrected chi connectivity index (χ0v) is 14.1. The van der Waals surface area contributed by atoms with E-state index in [9.17, 15) is 9.18 Å². The molecule has 1 aromatic carbocycles. The highest BCUT2D eigenvalue weighted by atomic mass is 35.5. The summed E-state index contributed by atoms with van der Waals surface area (Å²) in [6.07, 6.45) is 3.20. The van der Waals surface area contributed by atoms with Crippen LogP contribution in [0.1, 0.15) is 47.8 Å². The molecule has 0 bridgehead atoms. The Labute approximate surface area is 145 Å². The maximum Gasteiger partial charge on any atom is 0.227 e. The molecular formula is C16H19ClFN3O3. The molecule has 1 heterocycles. The van der Waals surface area contributed by atoms with Crippen LogP contribution in [0.5, 0.6) is 5.75 Å². The Morgan fingerprint density at radius 3 is 2.79 bits per heavy atom.